The molecule has 0 amide bonds. The maximum atomic E-state index is 13.6. The van der Waals surface area contributed by atoms with E-state index in [9.17, 15) is 12.8 Å². The van der Waals surface area contributed by atoms with E-state index >= 15 is 0 Å². The summed E-state index contributed by atoms with van der Waals surface area (Å²) in [4.78, 5) is 3.72. The van der Waals surface area contributed by atoms with Crippen molar-refractivity contribution in [1.29, 1.82) is 0 Å². The van der Waals surface area contributed by atoms with Gasteiger partial charge in [0.2, 0.25) is 10.0 Å². The maximum Gasteiger partial charge on any atom is 0.241 e. The number of methoxy groups -OCH3 is 1. The molecule has 0 spiro atoms. The predicted molar refractivity (Wildman–Crippen MR) is 71.8 cm³/mol. The van der Waals surface area contributed by atoms with E-state index < -0.39 is 15.8 Å². The van der Waals surface area contributed by atoms with Gasteiger partial charge in [0.25, 0.3) is 0 Å². The van der Waals surface area contributed by atoms with Crippen LogP contribution in [0, 0.1) is 5.82 Å². The van der Waals surface area contributed by atoms with Crippen LogP contribution in [0.5, 0.6) is 5.75 Å². The zero-order valence-electron chi connectivity index (χ0n) is 10.5. The van der Waals surface area contributed by atoms with E-state index in [0.717, 1.165) is 0 Å². The molecule has 0 aliphatic heterocycles. The van der Waals surface area contributed by atoms with Gasteiger partial charge in [-0.2, -0.15) is 0 Å². The van der Waals surface area contributed by atoms with E-state index in [4.69, 9.17) is 9.88 Å². The molecule has 0 radical (unpaired) electrons. The van der Waals surface area contributed by atoms with Gasteiger partial charge in [-0.25, -0.2) is 22.9 Å². The summed E-state index contributed by atoms with van der Waals surface area (Å²) in [6, 6.07) is 6.87. The molecule has 1 aromatic carbocycles. The lowest BCUT2D eigenvalue weighted by atomic mass is 10.3. The van der Waals surface area contributed by atoms with Crippen LogP contribution in [0.2, 0.25) is 0 Å². The van der Waals surface area contributed by atoms with Crippen LogP contribution in [0.15, 0.2) is 41.4 Å². The van der Waals surface area contributed by atoms with E-state index in [1.54, 1.807) is 0 Å². The smallest absolute Gasteiger partial charge is 0.241 e. The Kier molecular flexibility index (Phi) is 3.86. The number of hydrogen-bond donors (Lipinski definition) is 2. The van der Waals surface area contributed by atoms with E-state index in [1.165, 1.54) is 43.6 Å². The third kappa shape index (κ3) is 3.03. The lowest BCUT2D eigenvalue weighted by molar-refractivity contribution is 0.386. The van der Waals surface area contributed by atoms with E-state index in [2.05, 4.69) is 10.3 Å². The van der Waals surface area contributed by atoms with Crippen molar-refractivity contribution in [2.24, 2.45) is 5.14 Å². The van der Waals surface area contributed by atoms with Gasteiger partial charge >= 0.3 is 0 Å². The van der Waals surface area contributed by atoms with Gasteiger partial charge in [0, 0.05) is 18.0 Å². The molecular weight excluding hydrogens is 285 g/mol. The molecule has 106 valence electrons. The van der Waals surface area contributed by atoms with Crippen LogP contribution in [-0.2, 0) is 10.0 Å². The summed E-state index contributed by atoms with van der Waals surface area (Å²) < 4.78 is 41.2. The molecule has 0 bridgehead atoms. The lowest BCUT2D eigenvalue weighted by Crippen LogP contribution is -2.14. The number of nitrogens with two attached hydrogens (primary N) is 1. The van der Waals surface area contributed by atoms with Crippen LogP contribution in [0.4, 0.5) is 15.9 Å². The average Bonchev–Trinajstić information content (AvgIpc) is 2.38. The van der Waals surface area contributed by atoms with Crippen molar-refractivity contribution >= 4 is 21.5 Å². The number of primary sulfonamides is 1. The molecule has 0 fully saturated rings. The Labute approximate surface area is 115 Å². The molecule has 2 rings (SSSR count). The quantitative estimate of drug-likeness (QED) is 0.894. The first-order valence-corrected chi connectivity index (χ1v) is 7.05. The second kappa shape index (κ2) is 5.43. The highest BCUT2D eigenvalue weighted by Crippen LogP contribution is 2.25. The Balaban J connectivity index is 2.38. The first-order chi connectivity index (χ1) is 9.41. The second-order valence-electron chi connectivity index (χ2n) is 3.87. The highest BCUT2D eigenvalue weighted by Gasteiger charge is 2.15. The van der Waals surface area contributed by atoms with Crippen LogP contribution in [0.1, 0.15) is 0 Å². The molecule has 0 unspecified atom stereocenters. The minimum atomic E-state index is -3.92. The van der Waals surface area contributed by atoms with Gasteiger partial charge in [-0.1, -0.05) is 0 Å². The number of ether oxygens (including phenoxy) is 1. The number of nitrogens with one attached hydrogen (secondary N) is 1. The van der Waals surface area contributed by atoms with Crippen LogP contribution < -0.4 is 15.2 Å². The van der Waals surface area contributed by atoms with Crippen LogP contribution >= 0.6 is 0 Å². The summed E-state index contributed by atoms with van der Waals surface area (Å²) in [7, 11) is -2.57. The number of aromatic nitrogens is 1. The van der Waals surface area contributed by atoms with Crippen LogP contribution in [-0.4, -0.2) is 20.5 Å². The Morgan fingerprint density at radius 1 is 1.35 bits per heavy atom. The number of sulfonamides is 1. The monoisotopic (exact) mass is 297 g/mol. The number of hydrogen-bond acceptors (Lipinski definition) is 5. The second-order valence-corrected chi connectivity index (χ2v) is 5.40. The van der Waals surface area contributed by atoms with Crippen molar-refractivity contribution in [3.8, 4) is 5.75 Å². The molecule has 6 nitrogen and oxygen atoms in total. The number of nitrogens with zero attached hydrogens (tertiary/aromatic N) is 1. The molecule has 0 atom stereocenters. The maximum absolute atomic E-state index is 13.6. The molecule has 8 heteroatoms. The van der Waals surface area contributed by atoms with Crippen molar-refractivity contribution in [2.75, 3.05) is 12.4 Å². The minimum absolute atomic E-state index is 0.0274. The Bertz CT molecular complexity index is 734. The molecule has 0 saturated carbocycles. The first kappa shape index (κ1) is 14.2. The minimum Gasteiger partial charge on any atom is -0.494 e. The normalized spacial score (nSPS) is 11.2. The summed E-state index contributed by atoms with van der Waals surface area (Å²) in [6.07, 6.45) is 1.40. The van der Waals surface area contributed by atoms with E-state index in [-0.39, 0.29) is 16.5 Å². The van der Waals surface area contributed by atoms with Gasteiger partial charge in [0.1, 0.15) is 4.90 Å². The zero-order valence-corrected chi connectivity index (χ0v) is 11.3. The standard InChI is InChI=1S/C12H12FN3O3S/c1-19-10-5-4-8(7-9(10)13)16-12-11(20(14,17)18)3-2-6-15-12/h2-7H,1H3,(H,15,16)(H2,14,17,18). The van der Waals surface area contributed by atoms with Gasteiger partial charge in [0.05, 0.1) is 7.11 Å². The number of halogens is 1. The highest BCUT2D eigenvalue weighted by molar-refractivity contribution is 7.89. The van der Waals surface area contributed by atoms with Crippen molar-refractivity contribution < 1.29 is 17.5 Å². The summed E-state index contributed by atoms with van der Waals surface area (Å²) in [5.74, 6) is -0.464. The van der Waals surface area contributed by atoms with Gasteiger partial charge in [-0.15, -0.1) is 0 Å². The number of benzene rings is 1. The van der Waals surface area contributed by atoms with Crippen molar-refractivity contribution in [2.45, 2.75) is 4.90 Å². The highest BCUT2D eigenvalue weighted by atomic mass is 32.2. The topological polar surface area (TPSA) is 94.3 Å². The summed E-state index contributed by atoms with van der Waals surface area (Å²) in [5, 5.41) is 7.79. The molecule has 0 saturated heterocycles. The van der Waals surface area contributed by atoms with Crippen molar-refractivity contribution in [3.63, 3.8) is 0 Å². The summed E-state index contributed by atoms with van der Waals surface area (Å²) in [6.45, 7) is 0. The summed E-state index contributed by atoms with van der Waals surface area (Å²) >= 11 is 0. The van der Waals surface area contributed by atoms with Gasteiger partial charge < -0.3 is 10.1 Å². The van der Waals surface area contributed by atoms with E-state index in [0.29, 0.717) is 5.69 Å². The third-order valence-electron chi connectivity index (χ3n) is 2.49. The zero-order chi connectivity index (χ0) is 14.8. The lowest BCUT2D eigenvalue weighted by Gasteiger charge is -2.10. The molecule has 0 aliphatic rings. The number of rotatable bonds is 4. The molecule has 1 heterocycles. The van der Waals surface area contributed by atoms with Crippen molar-refractivity contribution in [1.82, 2.24) is 4.98 Å². The van der Waals surface area contributed by atoms with E-state index in [1.807, 2.05) is 0 Å². The Hall–Kier alpha value is -2.19. The average molecular weight is 297 g/mol. The van der Waals surface area contributed by atoms with Crippen LogP contribution in [0.25, 0.3) is 0 Å². The number of anilines is 2. The fraction of sp³-hybridized carbons (Fsp3) is 0.0833. The van der Waals surface area contributed by atoms with Gasteiger partial charge in [-0.3, -0.25) is 0 Å². The van der Waals surface area contributed by atoms with Crippen molar-refractivity contribution in [3.05, 3.63) is 42.3 Å². The third-order valence-corrected chi connectivity index (χ3v) is 3.43. The molecule has 0 aliphatic carbocycles. The Morgan fingerprint density at radius 2 is 2.10 bits per heavy atom. The van der Waals surface area contributed by atoms with Crippen LogP contribution in [0.3, 0.4) is 0 Å². The predicted octanol–water partition coefficient (Wildman–Crippen LogP) is 1.62. The molecule has 20 heavy (non-hydrogen) atoms. The SMILES string of the molecule is COc1ccc(Nc2ncccc2S(N)(=O)=O)cc1F. The molecule has 3 N–H and O–H groups in total. The largest absolute Gasteiger partial charge is 0.494 e. The first-order valence-electron chi connectivity index (χ1n) is 5.50. The summed E-state index contributed by atoms with van der Waals surface area (Å²) in [5.41, 5.74) is 0.326. The fourth-order valence-electron chi connectivity index (χ4n) is 1.59. The fourth-order valence-corrected chi connectivity index (χ4v) is 2.24. The number of pyridine rings is 1. The molecule has 2 aromatic rings. The van der Waals surface area contributed by atoms with Gasteiger partial charge in [-0.05, 0) is 24.3 Å². The molecule has 1 aromatic heterocycles. The Morgan fingerprint density at radius 3 is 2.70 bits per heavy atom. The molecular formula is C12H12FN3O3S. The van der Waals surface area contributed by atoms with Gasteiger partial charge in [0.15, 0.2) is 17.4 Å².